The first-order valence-corrected chi connectivity index (χ1v) is 3.44. The fourth-order valence-electron chi connectivity index (χ4n) is 0.606. The van der Waals surface area contributed by atoms with E-state index in [-0.39, 0.29) is 5.54 Å². The van der Waals surface area contributed by atoms with E-state index in [0.717, 1.165) is 13.2 Å². The van der Waals surface area contributed by atoms with Crippen molar-refractivity contribution in [3.05, 3.63) is 0 Å². The van der Waals surface area contributed by atoms with Crippen molar-refractivity contribution in [3.8, 4) is 0 Å². The fraction of sp³-hybridized carbons (Fsp3) is 1.00. The van der Waals surface area contributed by atoms with E-state index in [0.29, 0.717) is 6.10 Å². The molecule has 0 spiro atoms. The zero-order valence-electron chi connectivity index (χ0n) is 6.40. The molecule has 0 aromatic heterocycles. The van der Waals surface area contributed by atoms with Crippen molar-refractivity contribution in [2.45, 2.75) is 32.4 Å². The molecular formula is C7H15NO. The average Bonchev–Trinajstić information content (AvgIpc) is 2.38. The van der Waals surface area contributed by atoms with E-state index >= 15 is 0 Å². The highest BCUT2D eigenvalue weighted by atomic mass is 16.6. The van der Waals surface area contributed by atoms with E-state index < -0.39 is 0 Å². The van der Waals surface area contributed by atoms with Crippen LogP contribution in [0.2, 0.25) is 0 Å². The lowest BCUT2D eigenvalue weighted by Crippen LogP contribution is -2.38. The molecule has 54 valence electrons. The number of nitrogens with one attached hydrogen (secondary N) is 1. The molecule has 1 heterocycles. The fourth-order valence-corrected chi connectivity index (χ4v) is 0.606. The third-order valence-corrected chi connectivity index (χ3v) is 1.26. The molecule has 0 bridgehead atoms. The smallest absolute Gasteiger partial charge is 0.0934 e. The summed E-state index contributed by atoms with van der Waals surface area (Å²) in [5.41, 5.74) is 0.242. The monoisotopic (exact) mass is 129 g/mol. The summed E-state index contributed by atoms with van der Waals surface area (Å²) in [6.45, 7) is 8.44. The molecule has 0 radical (unpaired) electrons. The van der Waals surface area contributed by atoms with Gasteiger partial charge in [0, 0.05) is 12.1 Å². The Morgan fingerprint density at radius 1 is 1.56 bits per heavy atom. The van der Waals surface area contributed by atoms with Crippen LogP contribution in [0.4, 0.5) is 0 Å². The first-order chi connectivity index (χ1) is 4.08. The van der Waals surface area contributed by atoms with Gasteiger partial charge in [0.05, 0.1) is 12.7 Å². The first kappa shape index (κ1) is 7.03. The van der Waals surface area contributed by atoms with Gasteiger partial charge in [-0.2, -0.15) is 0 Å². The van der Waals surface area contributed by atoms with Gasteiger partial charge in [0.2, 0.25) is 0 Å². The van der Waals surface area contributed by atoms with Crippen molar-refractivity contribution in [1.29, 1.82) is 0 Å². The summed E-state index contributed by atoms with van der Waals surface area (Å²) >= 11 is 0. The van der Waals surface area contributed by atoms with Crippen molar-refractivity contribution >= 4 is 0 Å². The molecule has 1 saturated heterocycles. The van der Waals surface area contributed by atoms with Crippen LogP contribution in [0.3, 0.4) is 0 Å². The summed E-state index contributed by atoms with van der Waals surface area (Å²) < 4.78 is 5.04. The van der Waals surface area contributed by atoms with Gasteiger partial charge < -0.3 is 10.1 Å². The van der Waals surface area contributed by atoms with Gasteiger partial charge in [0.25, 0.3) is 0 Å². The molecule has 2 nitrogen and oxygen atoms in total. The minimum absolute atomic E-state index is 0.242. The second-order valence-corrected chi connectivity index (χ2v) is 3.59. The third-order valence-electron chi connectivity index (χ3n) is 1.26. The van der Waals surface area contributed by atoms with Crippen LogP contribution in [0.5, 0.6) is 0 Å². The van der Waals surface area contributed by atoms with Gasteiger partial charge in [-0.25, -0.2) is 0 Å². The summed E-state index contributed by atoms with van der Waals surface area (Å²) in [6, 6.07) is 0. The van der Waals surface area contributed by atoms with Crippen LogP contribution in [0.15, 0.2) is 0 Å². The van der Waals surface area contributed by atoms with Crippen LogP contribution in [0, 0.1) is 0 Å². The van der Waals surface area contributed by atoms with Gasteiger partial charge in [0.15, 0.2) is 0 Å². The predicted octanol–water partition coefficient (Wildman–Crippen LogP) is 0.773. The van der Waals surface area contributed by atoms with Crippen molar-refractivity contribution in [3.63, 3.8) is 0 Å². The number of ether oxygens (including phenoxy) is 1. The lowest BCUT2D eigenvalue weighted by Gasteiger charge is -2.19. The largest absolute Gasteiger partial charge is 0.372 e. The Hall–Kier alpha value is -0.0800. The quantitative estimate of drug-likeness (QED) is 0.557. The number of hydrogen-bond donors (Lipinski definition) is 1. The van der Waals surface area contributed by atoms with Crippen molar-refractivity contribution in [2.75, 3.05) is 13.2 Å². The van der Waals surface area contributed by atoms with Gasteiger partial charge in [-0.3, -0.25) is 0 Å². The highest BCUT2D eigenvalue weighted by Crippen LogP contribution is 2.08. The minimum atomic E-state index is 0.242. The van der Waals surface area contributed by atoms with Crippen LogP contribution in [0.1, 0.15) is 20.8 Å². The lowest BCUT2D eigenvalue weighted by atomic mass is 10.1. The molecule has 0 aliphatic carbocycles. The summed E-state index contributed by atoms with van der Waals surface area (Å²) in [5.74, 6) is 0. The summed E-state index contributed by atoms with van der Waals surface area (Å²) in [7, 11) is 0. The maximum absolute atomic E-state index is 5.04. The van der Waals surface area contributed by atoms with Gasteiger partial charge in [-0.05, 0) is 20.8 Å². The minimum Gasteiger partial charge on any atom is -0.372 e. The molecule has 0 unspecified atom stereocenters. The maximum atomic E-state index is 5.04. The van der Waals surface area contributed by atoms with Gasteiger partial charge in [-0.1, -0.05) is 0 Å². The normalized spacial score (nSPS) is 26.3. The average molecular weight is 129 g/mol. The van der Waals surface area contributed by atoms with Crippen LogP contribution < -0.4 is 5.32 Å². The number of epoxide rings is 1. The second-order valence-electron chi connectivity index (χ2n) is 3.59. The highest BCUT2D eigenvalue weighted by molar-refractivity contribution is 4.78. The molecule has 0 amide bonds. The zero-order chi connectivity index (χ0) is 6.91. The van der Waals surface area contributed by atoms with E-state index in [9.17, 15) is 0 Å². The van der Waals surface area contributed by atoms with Crippen LogP contribution in [-0.4, -0.2) is 24.8 Å². The molecule has 0 aromatic carbocycles. The Balaban J connectivity index is 2.03. The predicted molar refractivity (Wildman–Crippen MR) is 37.5 cm³/mol. The Kier molecular flexibility index (Phi) is 1.78. The zero-order valence-corrected chi connectivity index (χ0v) is 6.40. The molecule has 1 aliphatic rings. The third kappa shape index (κ3) is 3.49. The lowest BCUT2D eigenvalue weighted by molar-refractivity contribution is 0.355. The Morgan fingerprint density at radius 3 is 2.44 bits per heavy atom. The molecule has 0 saturated carbocycles. The van der Waals surface area contributed by atoms with Crippen LogP contribution in [-0.2, 0) is 4.74 Å². The van der Waals surface area contributed by atoms with Gasteiger partial charge in [0.1, 0.15) is 0 Å². The Labute approximate surface area is 56.6 Å². The molecule has 1 aliphatic heterocycles. The number of hydrogen-bond acceptors (Lipinski definition) is 2. The van der Waals surface area contributed by atoms with E-state index in [1.807, 2.05) is 0 Å². The molecule has 1 fully saturated rings. The van der Waals surface area contributed by atoms with Crippen LogP contribution >= 0.6 is 0 Å². The SMILES string of the molecule is CC(C)(C)NC[C@@H]1CO1. The van der Waals surface area contributed by atoms with E-state index in [2.05, 4.69) is 26.1 Å². The summed E-state index contributed by atoms with van der Waals surface area (Å²) in [4.78, 5) is 0. The van der Waals surface area contributed by atoms with Gasteiger partial charge >= 0.3 is 0 Å². The second kappa shape index (κ2) is 2.27. The first-order valence-electron chi connectivity index (χ1n) is 3.44. The summed E-state index contributed by atoms with van der Waals surface area (Å²) in [5, 5.41) is 3.36. The van der Waals surface area contributed by atoms with Crippen LogP contribution in [0.25, 0.3) is 0 Å². The van der Waals surface area contributed by atoms with Crippen molar-refractivity contribution in [2.24, 2.45) is 0 Å². The Bertz CT molecular complexity index is 91.6. The Morgan fingerprint density at radius 2 is 2.11 bits per heavy atom. The molecule has 2 heteroatoms. The molecule has 9 heavy (non-hydrogen) atoms. The highest BCUT2D eigenvalue weighted by Gasteiger charge is 2.23. The van der Waals surface area contributed by atoms with E-state index in [4.69, 9.17) is 4.74 Å². The number of rotatable bonds is 2. The molecule has 0 aromatic rings. The van der Waals surface area contributed by atoms with Gasteiger partial charge in [-0.15, -0.1) is 0 Å². The van der Waals surface area contributed by atoms with Crippen molar-refractivity contribution in [1.82, 2.24) is 5.32 Å². The van der Waals surface area contributed by atoms with E-state index in [1.165, 1.54) is 0 Å². The molecule has 1 N–H and O–H groups in total. The summed E-state index contributed by atoms with van der Waals surface area (Å²) in [6.07, 6.45) is 0.504. The maximum Gasteiger partial charge on any atom is 0.0934 e. The van der Waals surface area contributed by atoms with E-state index in [1.54, 1.807) is 0 Å². The van der Waals surface area contributed by atoms with Crippen molar-refractivity contribution < 1.29 is 4.74 Å². The molecule has 1 rings (SSSR count). The standard InChI is InChI=1S/C7H15NO/c1-7(2,3)8-4-6-5-9-6/h6,8H,4-5H2,1-3H3/t6-/m1/s1. The topological polar surface area (TPSA) is 24.6 Å². The molecular weight excluding hydrogens is 114 g/mol. The molecule has 1 atom stereocenters.